The Balaban J connectivity index is 0.000000165. The Morgan fingerprint density at radius 1 is 0.893 bits per heavy atom. The van der Waals surface area contributed by atoms with Crippen LogP contribution in [0.5, 0.6) is 0 Å². The van der Waals surface area contributed by atoms with Gasteiger partial charge in [-0.2, -0.15) is 0 Å². The van der Waals surface area contributed by atoms with E-state index in [1.165, 1.54) is 53.4 Å². The van der Waals surface area contributed by atoms with Gasteiger partial charge >= 0.3 is 5.97 Å². The highest BCUT2D eigenvalue weighted by atomic mass is 16.4. The van der Waals surface area contributed by atoms with Crippen molar-refractivity contribution in [1.82, 2.24) is 9.97 Å². The monoisotopic (exact) mass is 370 g/mol. The molecule has 4 heteroatoms. The van der Waals surface area contributed by atoms with Crippen LogP contribution in [0.4, 0.5) is 0 Å². The molecule has 0 saturated carbocycles. The zero-order valence-electron chi connectivity index (χ0n) is 15.9. The van der Waals surface area contributed by atoms with Crippen LogP contribution in [0.15, 0.2) is 60.8 Å². The van der Waals surface area contributed by atoms with Gasteiger partial charge in [0.15, 0.2) is 0 Å². The van der Waals surface area contributed by atoms with Crippen molar-refractivity contribution in [3.8, 4) is 0 Å². The quantitative estimate of drug-likeness (QED) is 0.459. The maximum absolute atomic E-state index is 10.2. The minimum Gasteiger partial charge on any atom is -0.475 e. The molecule has 140 valence electrons. The minimum absolute atomic E-state index is 0.153. The van der Waals surface area contributed by atoms with Crippen molar-refractivity contribution in [3.63, 3.8) is 0 Å². The Labute approximate surface area is 163 Å². The molecular formula is C24H22N2O2. The molecule has 0 aliphatic heterocycles. The number of carboxylic acid groups (broad SMARTS) is 1. The lowest BCUT2D eigenvalue weighted by atomic mass is 9.86. The van der Waals surface area contributed by atoms with E-state index in [4.69, 9.17) is 5.11 Å². The summed E-state index contributed by atoms with van der Waals surface area (Å²) in [6, 6.07) is 19.6. The summed E-state index contributed by atoms with van der Waals surface area (Å²) in [5.41, 5.74) is 3.83. The minimum atomic E-state index is -1.09. The zero-order valence-corrected chi connectivity index (χ0v) is 15.9. The van der Waals surface area contributed by atoms with Gasteiger partial charge in [-0.05, 0) is 71.3 Å². The highest BCUT2D eigenvalue weighted by Crippen LogP contribution is 2.33. The largest absolute Gasteiger partial charge is 0.475 e. The molecule has 4 aromatic rings. The van der Waals surface area contributed by atoms with Gasteiger partial charge < -0.3 is 5.11 Å². The first-order valence-corrected chi connectivity index (χ1v) is 9.58. The van der Waals surface area contributed by atoms with Gasteiger partial charge in [0.05, 0.1) is 0 Å². The first-order chi connectivity index (χ1) is 13.6. The SMILES string of the molecule is Cc1ccnc(C(=O)O)n1.c1ccc2c(c1)ccc1c3c(ccc12)CCCC3. The van der Waals surface area contributed by atoms with E-state index in [2.05, 4.69) is 58.5 Å². The fraction of sp³-hybridized carbons (Fsp3) is 0.208. The number of hydrogen-bond acceptors (Lipinski definition) is 3. The third kappa shape index (κ3) is 3.58. The standard InChI is InChI=1S/C18H16.C6H6N2O2/c1-3-7-15-13(5-1)9-11-18-16-8-4-2-6-14(16)10-12-17(15)18;1-4-2-3-7-5(8-4)6(9)10/h1,3,5,7,9-12H,2,4,6,8H2;2-3H,1H3,(H,9,10). The summed E-state index contributed by atoms with van der Waals surface area (Å²) in [4.78, 5) is 17.4. The number of aromatic carboxylic acids is 1. The summed E-state index contributed by atoms with van der Waals surface area (Å²) in [5, 5.41) is 14.0. The number of carboxylic acids is 1. The van der Waals surface area contributed by atoms with Gasteiger partial charge in [-0.25, -0.2) is 14.8 Å². The summed E-state index contributed by atoms with van der Waals surface area (Å²) in [7, 11) is 0. The van der Waals surface area contributed by atoms with Crippen molar-refractivity contribution < 1.29 is 9.90 Å². The second-order valence-corrected chi connectivity index (χ2v) is 7.12. The smallest absolute Gasteiger partial charge is 0.373 e. The Morgan fingerprint density at radius 2 is 1.68 bits per heavy atom. The van der Waals surface area contributed by atoms with Crippen LogP contribution in [0.2, 0.25) is 0 Å². The molecule has 0 amide bonds. The van der Waals surface area contributed by atoms with Gasteiger partial charge in [-0.3, -0.25) is 0 Å². The summed E-state index contributed by atoms with van der Waals surface area (Å²) in [5.74, 6) is -1.25. The predicted octanol–water partition coefficient (Wildman–Crippen LogP) is 5.36. The van der Waals surface area contributed by atoms with Crippen molar-refractivity contribution in [1.29, 1.82) is 0 Å². The average molecular weight is 370 g/mol. The van der Waals surface area contributed by atoms with Gasteiger partial charge in [-0.15, -0.1) is 0 Å². The topological polar surface area (TPSA) is 63.1 Å². The van der Waals surface area contributed by atoms with E-state index in [0.717, 1.165) is 0 Å². The molecule has 0 unspecified atom stereocenters. The van der Waals surface area contributed by atoms with Crippen LogP contribution in [-0.4, -0.2) is 21.0 Å². The van der Waals surface area contributed by atoms with E-state index in [1.54, 1.807) is 24.1 Å². The second kappa shape index (κ2) is 7.77. The molecule has 3 aromatic carbocycles. The fourth-order valence-electron chi connectivity index (χ4n) is 3.89. The van der Waals surface area contributed by atoms with E-state index in [-0.39, 0.29) is 5.82 Å². The highest BCUT2D eigenvalue weighted by Gasteiger charge is 2.13. The van der Waals surface area contributed by atoms with Crippen LogP contribution < -0.4 is 0 Å². The van der Waals surface area contributed by atoms with Crippen molar-refractivity contribution in [3.05, 3.63) is 83.4 Å². The maximum atomic E-state index is 10.2. The summed E-state index contributed by atoms with van der Waals surface area (Å²) >= 11 is 0. The van der Waals surface area contributed by atoms with Crippen molar-refractivity contribution in [2.24, 2.45) is 0 Å². The molecule has 1 aliphatic carbocycles. The van der Waals surface area contributed by atoms with Gasteiger partial charge in [0.1, 0.15) is 0 Å². The first-order valence-electron chi connectivity index (χ1n) is 9.58. The Hall–Kier alpha value is -3.27. The molecule has 0 radical (unpaired) electrons. The second-order valence-electron chi connectivity index (χ2n) is 7.12. The number of carbonyl (C=O) groups is 1. The van der Waals surface area contributed by atoms with E-state index >= 15 is 0 Å². The number of fused-ring (bicyclic) bond motifs is 5. The number of aryl methyl sites for hydroxylation is 3. The van der Waals surface area contributed by atoms with E-state index in [1.807, 2.05) is 0 Å². The fourth-order valence-corrected chi connectivity index (χ4v) is 3.89. The summed E-state index contributed by atoms with van der Waals surface area (Å²) < 4.78 is 0. The van der Waals surface area contributed by atoms with Crippen molar-refractivity contribution >= 4 is 27.5 Å². The van der Waals surface area contributed by atoms with Crippen LogP contribution in [0.1, 0.15) is 40.3 Å². The van der Waals surface area contributed by atoms with E-state index < -0.39 is 5.97 Å². The molecule has 0 atom stereocenters. The van der Waals surface area contributed by atoms with E-state index in [9.17, 15) is 4.79 Å². The molecule has 1 aliphatic rings. The van der Waals surface area contributed by atoms with Crippen LogP contribution in [0, 0.1) is 6.92 Å². The van der Waals surface area contributed by atoms with Gasteiger partial charge in [0, 0.05) is 11.9 Å². The molecule has 28 heavy (non-hydrogen) atoms. The maximum Gasteiger partial charge on any atom is 0.373 e. The third-order valence-corrected chi connectivity index (χ3v) is 5.24. The Kier molecular flexibility index (Phi) is 5.02. The lowest BCUT2D eigenvalue weighted by molar-refractivity contribution is 0.0683. The summed E-state index contributed by atoms with van der Waals surface area (Å²) in [6.45, 7) is 1.72. The van der Waals surface area contributed by atoms with E-state index in [0.29, 0.717) is 5.69 Å². The van der Waals surface area contributed by atoms with Gasteiger partial charge in [0.25, 0.3) is 0 Å². The lowest BCUT2D eigenvalue weighted by Gasteiger charge is -2.18. The molecule has 1 N–H and O–H groups in total. The average Bonchev–Trinajstić information content (AvgIpc) is 2.73. The third-order valence-electron chi connectivity index (χ3n) is 5.24. The highest BCUT2D eigenvalue weighted by molar-refractivity contribution is 6.08. The molecular weight excluding hydrogens is 348 g/mol. The molecule has 5 rings (SSSR count). The van der Waals surface area contributed by atoms with Crippen molar-refractivity contribution in [2.45, 2.75) is 32.6 Å². The molecule has 0 spiro atoms. The molecule has 0 saturated heterocycles. The van der Waals surface area contributed by atoms with Crippen molar-refractivity contribution in [2.75, 3.05) is 0 Å². The number of nitrogens with zero attached hydrogens (tertiary/aromatic N) is 2. The van der Waals surface area contributed by atoms with Gasteiger partial charge in [0.2, 0.25) is 5.82 Å². The van der Waals surface area contributed by atoms with Crippen LogP contribution >= 0.6 is 0 Å². The number of benzene rings is 3. The number of hydrogen-bond donors (Lipinski definition) is 1. The summed E-state index contributed by atoms with van der Waals surface area (Å²) in [6.07, 6.45) is 6.64. The molecule has 4 nitrogen and oxygen atoms in total. The van der Waals surface area contributed by atoms with Crippen LogP contribution in [0.3, 0.4) is 0 Å². The normalized spacial score (nSPS) is 12.9. The Bertz CT molecular complexity index is 1170. The predicted molar refractivity (Wildman–Crippen MR) is 112 cm³/mol. The molecule has 0 fully saturated rings. The van der Waals surface area contributed by atoms with Crippen LogP contribution in [-0.2, 0) is 12.8 Å². The molecule has 1 aromatic heterocycles. The molecule has 0 bridgehead atoms. The van der Waals surface area contributed by atoms with Crippen LogP contribution in [0.25, 0.3) is 21.5 Å². The zero-order chi connectivity index (χ0) is 19.5. The number of rotatable bonds is 1. The van der Waals surface area contributed by atoms with Gasteiger partial charge in [-0.1, -0.05) is 48.5 Å². The molecule has 1 heterocycles. The Morgan fingerprint density at radius 3 is 2.46 bits per heavy atom. The first kappa shape index (κ1) is 18.1. The number of aromatic nitrogens is 2. The lowest BCUT2D eigenvalue weighted by Crippen LogP contribution is -2.03.